The third kappa shape index (κ3) is 5.55. The molecular weight excluding hydrogens is 580 g/mol. The van der Waals surface area contributed by atoms with Crippen molar-refractivity contribution < 1.29 is 74.4 Å². The second-order valence-electron chi connectivity index (χ2n) is 10.2. The van der Waals surface area contributed by atoms with E-state index in [2.05, 4.69) is 0 Å². The number of rotatable bonds is 6. The van der Waals surface area contributed by atoms with Crippen LogP contribution in [0.25, 0.3) is 22.3 Å². The fourth-order valence-electron chi connectivity index (χ4n) is 4.92. The number of phenols is 4. The Morgan fingerprint density at radius 1 is 0.791 bits per heavy atom. The average molecular weight is 611 g/mol. The lowest BCUT2D eigenvalue weighted by molar-refractivity contribution is -0.355. The van der Waals surface area contributed by atoms with Gasteiger partial charge in [0.1, 0.15) is 59.1 Å². The SMILES string of the molecule is C[C@H]1O[C@H](Oc2c(-c3ccc(O)c(O)c3)oc3cc(O)cc(O)c3c2=O)[C@H](O[C@@H]2O[C@H](CO)[C@H](O)[C@@H](O)[C@H]2O)[C@H](O)[C@H]1O. The van der Waals surface area contributed by atoms with Crippen molar-refractivity contribution in [2.24, 2.45) is 0 Å². The fraction of sp³-hybridized carbons (Fsp3) is 0.444. The lowest BCUT2D eigenvalue weighted by Crippen LogP contribution is -2.64. The number of fused-ring (bicyclic) bond motifs is 1. The molecule has 3 aromatic rings. The van der Waals surface area contributed by atoms with Crippen molar-refractivity contribution in [2.45, 2.75) is 68.3 Å². The predicted molar refractivity (Wildman–Crippen MR) is 140 cm³/mol. The third-order valence-electron chi connectivity index (χ3n) is 7.31. The Morgan fingerprint density at radius 3 is 2.19 bits per heavy atom. The second kappa shape index (κ2) is 11.8. The van der Waals surface area contributed by atoms with Crippen molar-refractivity contribution in [2.75, 3.05) is 6.61 Å². The van der Waals surface area contributed by atoms with E-state index in [1.807, 2.05) is 0 Å². The molecule has 2 fully saturated rings. The summed E-state index contributed by atoms with van der Waals surface area (Å²) >= 11 is 0. The van der Waals surface area contributed by atoms with Gasteiger partial charge in [0, 0.05) is 17.7 Å². The molecule has 0 amide bonds. The van der Waals surface area contributed by atoms with E-state index < -0.39 is 108 Å². The van der Waals surface area contributed by atoms with Crippen LogP contribution in [-0.2, 0) is 14.2 Å². The molecule has 3 heterocycles. The van der Waals surface area contributed by atoms with E-state index in [-0.39, 0.29) is 16.9 Å². The van der Waals surface area contributed by atoms with Gasteiger partial charge in [-0.25, -0.2) is 0 Å². The van der Waals surface area contributed by atoms with Gasteiger partial charge in [0.15, 0.2) is 29.7 Å². The molecule has 2 saturated heterocycles. The largest absolute Gasteiger partial charge is 0.508 e. The number of ether oxygens (including phenoxy) is 4. The zero-order valence-corrected chi connectivity index (χ0v) is 22.3. The van der Waals surface area contributed by atoms with Crippen molar-refractivity contribution in [3.05, 3.63) is 40.6 Å². The Labute approximate surface area is 241 Å². The topological polar surface area (TPSA) is 269 Å². The predicted octanol–water partition coefficient (Wildman–Crippen LogP) is -1.69. The molecule has 10 atom stereocenters. The number of phenolic OH excluding ortho intramolecular Hbond substituents is 4. The van der Waals surface area contributed by atoms with Gasteiger partial charge in [-0.05, 0) is 25.1 Å². The molecule has 234 valence electrons. The molecule has 0 spiro atoms. The van der Waals surface area contributed by atoms with Crippen LogP contribution in [0, 0.1) is 0 Å². The summed E-state index contributed by atoms with van der Waals surface area (Å²) in [5, 5.41) is 101. The highest BCUT2D eigenvalue weighted by Gasteiger charge is 2.51. The molecule has 2 aromatic carbocycles. The maximum absolute atomic E-state index is 13.7. The number of hydrogen-bond acceptors (Lipinski definition) is 16. The zero-order chi connectivity index (χ0) is 31.3. The summed E-state index contributed by atoms with van der Waals surface area (Å²) in [5.74, 6) is -3.29. The Morgan fingerprint density at radius 2 is 1.51 bits per heavy atom. The second-order valence-corrected chi connectivity index (χ2v) is 10.2. The van der Waals surface area contributed by atoms with Crippen LogP contribution in [0.2, 0.25) is 0 Å². The maximum atomic E-state index is 13.7. The maximum Gasteiger partial charge on any atom is 0.239 e. The van der Waals surface area contributed by atoms with Crippen molar-refractivity contribution in [1.82, 2.24) is 0 Å². The Bertz CT molecular complexity index is 1540. The standard InChI is InChI=1S/C27H30O16/c1-8-17(33)21(37)25(43-26-22(38)20(36)18(34)15(7-28)41-26)27(39-8)42-24-19(35)16-13(32)5-10(29)6-14(16)40-23(24)9-2-3-11(30)12(31)4-9/h2-6,8,15,17-18,20-22,25-34,36-38H,7H2,1H3/t8-,15-,17+,18+,20-,21-,22-,25-,26+,27-/m1/s1. The normalized spacial score (nSPS) is 33.0. The van der Waals surface area contributed by atoms with E-state index in [1.54, 1.807) is 0 Å². The minimum atomic E-state index is -1.91. The molecule has 2 aliphatic heterocycles. The van der Waals surface area contributed by atoms with Gasteiger partial charge in [-0.2, -0.15) is 0 Å². The summed E-state index contributed by atoms with van der Waals surface area (Å²) in [6.07, 6.45) is -16.8. The van der Waals surface area contributed by atoms with Gasteiger partial charge >= 0.3 is 0 Å². The molecule has 10 N–H and O–H groups in total. The molecule has 0 radical (unpaired) electrons. The fourth-order valence-corrected chi connectivity index (χ4v) is 4.92. The van der Waals surface area contributed by atoms with Crippen LogP contribution in [0.4, 0.5) is 0 Å². The Hall–Kier alpha value is -3.71. The van der Waals surface area contributed by atoms with E-state index in [9.17, 15) is 55.9 Å². The monoisotopic (exact) mass is 610 g/mol. The molecule has 1 aromatic heterocycles. The number of aliphatic hydroxyl groups excluding tert-OH is 6. The van der Waals surface area contributed by atoms with Crippen molar-refractivity contribution in [1.29, 1.82) is 0 Å². The van der Waals surface area contributed by atoms with Crippen LogP contribution in [-0.4, -0.2) is 119 Å². The van der Waals surface area contributed by atoms with E-state index in [0.717, 1.165) is 24.3 Å². The van der Waals surface area contributed by atoms with Gasteiger partial charge < -0.3 is 74.4 Å². The van der Waals surface area contributed by atoms with E-state index in [1.165, 1.54) is 13.0 Å². The molecule has 5 rings (SSSR count). The van der Waals surface area contributed by atoms with Gasteiger partial charge in [0.25, 0.3) is 0 Å². The van der Waals surface area contributed by atoms with E-state index in [0.29, 0.717) is 0 Å². The molecule has 0 bridgehead atoms. The van der Waals surface area contributed by atoms with Gasteiger partial charge in [-0.1, -0.05) is 0 Å². The quantitative estimate of drug-likeness (QED) is 0.140. The van der Waals surface area contributed by atoms with Crippen LogP contribution in [0.15, 0.2) is 39.5 Å². The van der Waals surface area contributed by atoms with Crippen molar-refractivity contribution in [3.8, 4) is 40.1 Å². The number of aliphatic hydroxyl groups is 6. The molecule has 43 heavy (non-hydrogen) atoms. The molecule has 2 aliphatic rings. The van der Waals surface area contributed by atoms with Crippen LogP contribution in [0.5, 0.6) is 28.7 Å². The lowest BCUT2D eigenvalue weighted by Gasteiger charge is -2.45. The minimum absolute atomic E-state index is 0.0250. The van der Waals surface area contributed by atoms with Gasteiger partial charge in [0.2, 0.25) is 17.5 Å². The molecule has 16 heteroatoms. The highest BCUT2D eigenvalue weighted by molar-refractivity contribution is 5.88. The van der Waals surface area contributed by atoms with Gasteiger partial charge in [0.05, 0.1) is 12.7 Å². The van der Waals surface area contributed by atoms with Crippen LogP contribution >= 0.6 is 0 Å². The van der Waals surface area contributed by atoms with E-state index in [4.69, 9.17) is 23.4 Å². The Balaban J connectivity index is 1.60. The molecule has 0 saturated carbocycles. The van der Waals surface area contributed by atoms with Crippen LogP contribution < -0.4 is 10.2 Å². The lowest BCUT2D eigenvalue weighted by atomic mass is 9.97. The summed E-state index contributed by atoms with van der Waals surface area (Å²) in [7, 11) is 0. The number of benzene rings is 2. The molecule has 0 aliphatic carbocycles. The van der Waals surface area contributed by atoms with Gasteiger partial charge in [-0.3, -0.25) is 4.79 Å². The highest BCUT2D eigenvalue weighted by atomic mass is 16.8. The zero-order valence-electron chi connectivity index (χ0n) is 22.3. The highest BCUT2D eigenvalue weighted by Crippen LogP contribution is 2.40. The van der Waals surface area contributed by atoms with Gasteiger partial charge in [-0.15, -0.1) is 0 Å². The average Bonchev–Trinajstić information content (AvgIpc) is 2.96. The third-order valence-corrected chi connectivity index (χ3v) is 7.31. The summed E-state index contributed by atoms with van der Waals surface area (Å²) in [4.78, 5) is 13.7. The summed E-state index contributed by atoms with van der Waals surface area (Å²) < 4.78 is 28.3. The summed E-state index contributed by atoms with van der Waals surface area (Å²) in [6.45, 7) is 0.582. The van der Waals surface area contributed by atoms with Crippen molar-refractivity contribution in [3.63, 3.8) is 0 Å². The summed E-state index contributed by atoms with van der Waals surface area (Å²) in [5.41, 5.74) is -1.33. The van der Waals surface area contributed by atoms with E-state index >= 15 is 0 Å². The smallest absolute Gasteiger partial charge is 0.239 e. The van der Waals surface area contributed by atoms with Crippen LogP contribution in [0.1, 0.15) is 6.92 Å². The number of aromatic hydroxyl groups is 4. The first-order chi connectivity index (χ1) is 20.3. The Kier molecular flexibility index (Phi) is 8.41. The van der Waals surface area contributed by atoms with Crippen molar-refractivity contribution >= 4 is 11.0 Å². The first kappa shape index (κ1) is 30.7. The first-order valence-corrected chi connectivity index (χ1v) is 13.0. The molecular formula is C27H30O16. The molecule has 0 unspecified atom stereocenters. The minimum Gasteiger partial charge on any atom is -0.508 e. The number of hydrogen-bond donors (Lipinski definition) is 10. The molecule has 16 nitrogen and oxygen atoms in total. The first-order valence-electron chi connectivity index (χ1n) is 13.0. The van der Waals surface area contributed by atoms with Crippen LogP contribution in [0.3, 0.4) is 0 Å². The summed E-state index contributed by atoms with van der Waals surface area (Å²) in [6, 6.07) is 5.27.